The van der Waals surface area contributed by atoms with Crippen molar-refractivity contribution in [2.75, 3.05) is 33.4 Å². The number of carbonyl (C=O) groups is 1. The molecule has 1 aliphatic rings. The van der Waals surface area contributed by atoms with Crippen LogP contribution in [0.1, 0.15) is 11.7 Å². The molecule has 5 nitrogen and oxygen atoms in total. The number of halogens is 2. The summed E-state index contributed by atoms with van der Waals surface area (Å²) in [5.41, 5.74) is 0.938. The van der Waals surface area contributed by atoms with Crippen molar-refractivity contribution in [1.82, 2.24) is 10.6 Å². The Kier molecular flexibility index (Phi) is 8.00. The third-order valence-electron chi connectivity index (χ3n) is 3.20. The Morgan fingerprint density at radius 3 is 3.05 bits per heavy atom. The Balaban J connectivity index is 0.00000220. The van der Waals surface area contributed by atoms with Gasteiger partial charge in [-0.15, -0.1) is 12.4 Å². The third-order valence-corrected chi connectivity index (χ3v) is 3.44. The van der Waals surface area contributed by atoms with Crippen LogP contribution in [0.3, 0.4) is 0 Å². The summed E-state index contributed by atoms with van der Waals surface area (Å²) < 4.78 is 10.7. The molecular formula is C14H20Cl2N2O3. The van der Waals surface area contributed by atoms with Crippen molar-refractivity contribution in [2.45, 2.75) is 12.1 Å². The molecule has 0 radical (unpaired) electrons. The first-order chi connectivity index (χ1) is 9.70. The van der Waals surface area contributed by atoms with Gasteiger partial charge in [-0.2, -0.15) is 0 Å². The van der Waals surface area contributed by atoms with E-state index in [1.54, 1.807) is 13.2 Å². The zero-order valence-corrected chi connectivity index (χ0v) is 13.4. The fourth-order valence-electron chi connectivity index (χ4n) is 2.09. The molecule has 7 heteroatoms. The first-order valence-corrected chi connectivity index (χ1v) is 6.95. The molecule has 0 aliphatic carbocycles. The van der Waals surface area contributed by atoms with Gasteiger partial charge in [-0.3, -0.25) is 4.79 Å². The largest absolute Gasteiger partial charge is 0.378 e. The topological polar surface area (TPSA) is 59.6 Å². The fourth-order valence-corrected chi connectivity index (χ4v) is 2.29. The lowest BCUT2D eigenvalue weighted by Gasteiger charge is -2.24. The van der Waals surface area contributed by atoms with Crippen molar-refractivity contribution < 1.29 is 14.3 Å². The number of methoxy groups -OCH3 is 1. The molecule has 118 valence electrons. The van der Waals surface area contributed by atoms with E-state index in [1.165, 1.54) is 0 Å². The second-order valence-corrected chi connectivity index (χ2v) is 5.04. The predicted molar refractivity (Wildman–Crippen MR) is 84.1 cm³/mol. The number of benzene rings is 1. The van der Waals surface area contributed by atoms with Gasteiger partial charge in [-0.05, 0) is 17.7 Å². The average Bonchev–Trinajstić information content (AvgIpc) is 2.48. The van der Waals surface area contributed by atoms with Crippen LogP contribution in [-0.2, 0) is 14.3 Å². The van der Waals surface area contributed by atoms with Crippen molar-refractivity contribution >= 4 is 29.9 Å². The Bertz CT molecular complexity index is 454. The second-order valence-electron chi connectivity index (χ2n) is 4.61. The Labute approximate surface area is 135 Å². The number of hydrogen-bond acceptors (Lipinski definition) is 4. The van der Waals surface area contributed by atoms with Gasteiger partial charge in [0.15, 0.2) is 0 Å². The molecule has 2 atom stereocenters. The molecule has 0 saturated carbocycles. The van der Waals surface area contributed by atoms with Crippen LogP contribution in [0.5, 0.6) is 0 Å². The van der Waals surface area contributed by atoms with Gasteiger partial charge >= 0.3 is 0 Å². The van der Waals surface area contributed by atoms with Gasteiger partial charge in [0.2, 0.25) is 5.91 Å². The van der Waals surface area contributed by atoms with E-state index < -0.39 is 0 Å². The number of morpholine rings is 1. The summed E-state index contributed by atoms with van der Waals surface area (Å²) >= 11 is 5.96. The zero-order valence-electron chi connectivity index (χ0n) is 11.8. The maximum absolute atomic E-state index is 12.0. The van der Waals surface area contributed by atoms with Crippen molar-refractivity contribution in [3.8, 4) is 0 Å². The minimum Gasteiger partial charge on any atom is -0.378 e. The molecular weight excluding hydrogens is 315 g/mol. The molecule has 1 amide bonds. The van der Waals surface area contributed by atoms with Crippen LogP contribution in [0, 0.1) is 0 Å². The Morgan fingerprint density at radius 1 is 1.62 bits per heavy atom. The molecule has 2 unspecified atom stereocenters. The van der Waals surface area contributed by atoms with Crippen LogP contribution in [0.15, 0.2) is 24.3 Å². The van der Waals surface area contributed by atoms with Crippen LogP contribution in [0.4, 0.5) is 0 Å². The van der Waals surface area contributed by atoms with Gasteiger partial charge in [0.05, 0.1) is 19.3 Å². The third kappa shape index (κ3) is 5.45. The van der Waals surface area contributed by atoms with Gasteiger partial charge in [0.25, 0.3) is 0 Å². The molecule has 1 heterocycles. The van der Waals surface area contributed by atoms with Gasteiger partial charge in [-0.1, -0.05) is 23.7 Å². The number of rotatable bonds is 5. The van der Waals surface area contributed by atoms with E-state index in [0.29, 0.717) is 31.3 Å². The van der Waals surface area contributed by atoms with E-state index in [2.05, 4.69) is 10.6 Å². The second kappa shape index (κ2) is 9.23. The van der Waals surface area contributed by atoms with Crippen LogP contribution in [-0.4, -0.2) is 45.4 Å². The molecule has 1 aromatic carbocycles. The maximum atomic E-state index is 12.0. The van der Waals surface area contributed by atoms with Crippen molar-refractivity contribution in [3.63, 3.8) is 0 Å². The molecule has 2 rings (SSSR count). The quantitative estimate of drug-likeness (QED) is 0.857. The summed E-state index contributed by atoms with van der Waals surface area (Å²) in [5.74, 6) is -0.0752. The van der Waals surface area contributed by atoms with E-state index in [-0.39, 0.29) is 30.5 Å². The summed E-state index contributed by atoms with van der Waals surface area (Å²) in [6.07, 6.45) is -0.220. The highest BCUT2D eigenvalue weighted by atomic mass is 35.5. The predicted octanol–water partition coefficient (Wildman–Crippen LogP) is 1.55. The molecule has 1 saturated heterocycles. The highest BCUT2D eigenvalue weighted by Gasteiger charge is 2.22. The maximum Gasteiger partial charge on any atom is 0.239 e. The van der Waals surface area contributed by atoms with Gasteiger partial charge < -0.3 is 20.1 Å². The normalized spacial score (nSPS) is 19.4. The summed E-state index contributed by atoms with van der Waals surface area (Å²) in [6.45, 7) is 2.14. The van der Waals surface area contributed by atoms with Crippen LogP contribution < -0.4 is 10.6 Å². The molecule has 0 aromatic heterocycles. The van der Waals surface area contributed by atoms with Crippen molar-refractivity contribution in [1.29, 1.82) is 0 Å². The van der Waals surface area contributed by atoms with E-state index in [9.17, 15) is 4.79 Å². The SMILES string of the molecule is COC(CNC(=O)C1COCCN1)c1cccc(Cl)c1.Cl. The summed E-state index contributed by atoms with van der Waals surface area (Å²) in [6, 6.07) is 7.14. The minimum atomic E-state index is -0.291. The van der Waals surface area contributed by atoms with Gasteiger partial charge in [-0.25, -0.2) is 0 Å². The zero-order chi connectivity index (χ0) is 14.4. The molecule has 1 aromatic rings. The van der Waals surface area contributed by atoms with E-state index in [0.717, 1.165) is 5.56 Å². The standard InChI is InChI=1S/C14H19ClN2O3.ClH/c1-19-13(10-3-2-4-11(15)7-10)8-17-14(18)12-9-20-6-5-16-12;/h2-4,7,12-13,16H,5-6,8-9H2,1H3,(H,17,18);1H. The first-order valence-electron chi connectivity index (χ1n) is 6.58. The minimum absolute atomic E-state index is 0. The lowest BCUT2D eigenvalue weighted by Crippen LogP contribution is -2.51. The van der Waals surface area contributed by atoms with Gasteiger partial charge in [0, 0.05) is 25.2 Å². The summed E-state index contributed by atoms with van der Waals surface area (Å²) in [4.78, 5) is 12.0. The lowest BCUT2D eigenvalue weighted by atomic mass is 10.1. The van der Waals surface area contributed by atoms with Gasteiger partial charge in [0.1, 0.15) is 6.04 Å². The van der Waals surface area contributed by atoms with Crippen LogP contribution >= 0.6 is 24.0 Å². The number of nitrogens with one attached hydrogen (secondary N) is 2. The molecule has 1 fully saturated rings. The van der Waals surface area contributed by atoms with Crippen LogP contribution in [0.25, 0.3) is 0 Å². The molecule has 0 bridgehead atoms. The lowest BCUT2D eigenvalue weighted by molar-refractivity contribution is -0.126. The van der Waals surface area contributed by atoms with Crippen molar-refractivity contribution in [2.24, 2.45) is 0 Å². The monoisotopic (exact) mass is 334 g/mol. The highest BCUT2D eigenvalue weighted by Crippen LogP contribution is 2.19. The van der Waals surface area contributed by atoms with E-state index in [4.69, 9.17) is 21.1 Å². The number of amides is 1. The Hall–Kier alpha value is -0.850. The fraction of sp³-hybridized carbons (Fsp3) is 0.500. The van der Waals surface area contributed by atoms with E-state index >= 15 is 0 Å². The Morgan fingerprint density at radius 2 is 2.43 bits per heavy atom. The molecule has 1 aliphatic heterocycles. The number of hydrogen-bond donors (Lipinski definition) is 2. The number of ether oxygens (including phenoxy) is 2. The molecule has 2 N–H and O–H groups in total. The first kappa shape index (κ1) is 18.2. The smallest absolute Gasteiger partial charge is 0.239 e. The van der Waals surface area contributed by atoms with Crippen molar-refractivity contribution in [3.05, 3.63) is 34.9 Å². The van der Waals surface area contributed by atoms with Crippen LogP contribution in [0.2, 0.25) is 5.02 Å². The average molecular weight is 335 g/mol. The summed E-state index contributed by atoms with van der Waals surface area (Å²) in [5, 5.41) is 6.63. The highest BCUT2D eigenvalue weighted by molar-refractivity contribution is 6.30. The molecule has 0 spiro atoms. The van der Waals surface area contributed by atoms with E-state index in [1.807, 2.05) is 18.2 Å². The summed E-state index contributed by atoms with van der Waals surface area (Å²) in [7, 11) is 1.61. The number of carbonyl (C=O) groups excluding carboxylic acids is 1. The molecule has 21 heavy (non-hydrogen) atoms.